The van der Waals surface area contributed by atoms with Gasteiger partial charge in [0.2, 0.25) is 0 Å². The predicted molar refractivity (Wildman–Crippen MR) is 159 cm³/mol. The van der Waals surface area contributed by atoms with Crippen LogP contribution in [-0.4, -0.2) is 43.6 Å². The first-order valence-electron chi connectivity index (χ1n) is 12.6. The third-order valence-electron chi connectivity index (χ3n) is 6.41. The number of alkyl halides is 3. The number of H-pyrrole nitrogens is 2. The van der Waals surface area contributed by atoms with Gasteiger partial charge in [-0.25, -0.2) is 0 Å². The van der Waals surface area contributed by atoms with E-state index < -0.39 is 60.4 Å². The molecule has 0 bridgehead atoms. The van der Waals surface area contributed by atoms with Gasteiger partial charge in [-0.05, 0) is 42.0 Å². The highest BCUT2D eigenvalue weighted by molar-refractivity contribution is 7.60. The summed E-state index contributed by atoms with van der Waals surface area (Å²) in [5.41, 5.74) is -5.20. The van der Waals surface area contributed by atoms with Crippen molar-refractivity contribution in [1.82, 2.24) is 19.1 Å². The maximum absolute atomic E-state index is 12.6. The molecule has 248 valence electrons. The van der Waals surface area contributed by atoms with Crippen LogP contribution in [0.15, 0.2) is 79.8 Å². The van der Waals surface area contributed by atoms with Crippen molar-refractivity contribution in [2.75, 3.05) is 0 Å². The van der Waals surface area contributed by atoms with Gasteiger partial charge < -0.3 is 29.5 Å². The van der Waals surface area contributed by atoms with E-state index in [2.05, 4.69) is 4.98 Å². The minimum atomic E-state index is -4.70. The van der Waals surface area contributed by atoms with Crippen molar-refractivity contribution in [3.05, 3.63) is 123 Å². The molecule has 3 aromatic carbocycles. The van der Waals surface area contributed by atoms with E-state index in [0.717, 1.165) is 16.7 Å². The minimum absolute atomic E-state index is 0.0432. The topological polar surface area (TPSA) is 268 Å². The number of hydrogen-bond donors (Lipinski definition) is 6. The summed E-state index contributed by atoms with van der Waals surface area (Å²) in [5.74, 6) is 0. The molecule has 5 rings (SSSR count). The van der Waals surface area contributed by atoms with Crippen molar-refractivity contribution in [2.45, 2.75) is 19.0 Å². The number of fused-ring (bicyclic) bond motifs is 2. The van der Waals surface area contributed by atoms with Gasteiger partial charge in [0.15, 0.2) is 0 Å². The fourth-order valence-corrected chi connectivity index (χ4v) is 5.48. The molecule has 0 aliphatic heterocycles. The quantitative estimate of drug-likeness (QED) is 0.0633. The van der Waals surface area contributed by atoms with Gasteiger partial charge in [-0.15, -0.1) is 0 Å². The van der Waals surface area contributed by atoms with Crippen molar-refractivity contribution >= 4 is 48.3 Å². The van der Waals surface area contributed by atoms with Crippen molar-refractivity contribution in [2.24, 2.45) is 0 Å². The lowest BCUT2D eigenvalue weighted by atomic mass is 10.2. The Hall–Kier alpha value is -4.97. The molecule has 2 aromatic heterocycles. The van der Waals surface area contributed by atoms with Crippen LogP contribution in [0.3, 0.4) is 0 Å². The average molecular weight is 701 g/mol. The Labute approximate surface area is 256 Å². The maximum atomic E-state index is 12.6. The van der Waals surface area contributed by atoms with Gasteiger partial charge in [-0.3, -0.25) is 47.6 Å². The number of aromatic nitrogens is 4. The van der Waals surface area contributed by atoms with Gasteiger partial charge in [-0.1, -0.05) is 12.1 Å². The van der Waals surface area contributed by atoms with E-state index in [4.69, 9.17) is 19.6 Å². The lowest BCUT2D eigenvalue weighted by molar-refractivity contribution is -0.384. The molecule has 0 atom stereocenters. The molecule has 0 fully saturated rings. The number of hydrogen-bond acceptors (Lipinski definition) is 8. The Bertz CT molecular complexity index is 2370. The van der Waals surface area contributed by atoms with Gasteiger partial charge in [0.05, 0.1) is 44.4 Å². The average Bonchev–Trinajstić information content (AvgIpc) is 2.96. The minimum Gasteiger partial charge on any atom is -0.323 e. The summed E-state index contributed by atoms with van der Waals surface area (Å²) in [5, 5.41) is 10.7. The first-order chi connectivity index (χ1) is 21.7. The zero-order chi connectivity index (χ0) is 35.1. The summed E-state index contributed by atoms with van der Waals surface area (Å²) in [7, 11) is -9.07. The van der Waals surface area contributed by atoms with Crippen LogP contribution in [0.2, 0.25) is 0 Å². The monoisotopic (exact) mass is 701 g/mol. The van der Waals surface area contributed by atoms with Gasteiger partial charge >= 0.3 is 43.6 Å². The Morgan fingerprint density at radius 3 is 1.79 bits per heavy atom. The number of nitrogens with one attached hydrogen (secondary N) is 2. The molecule has 2 heterocycles. The largest absolute Gasteiger partial charge is 0.416 e. The Kier molecular flexibility index (Phi) is 9.41. The van der Waals surface area contributed by atoms with Crippen molar-refractivity contribution in [3.63, 3.8) is 0 Å². The molecule has 22 heteroatoms. The third-order valence-corrected chi connectivity index (χ3v) is 8.03. The van der Waals surface area contributed by atoms with Crippen LogP contribution in [0.5, 0.6) is 0 Å². The molecule has 17 nitrogen and oxygen atoms in total. The number of halogens is 3. The van der Waals surface area contributed by atoms with E-state index in [1.165, 1.54) is 36.4 Å². The molecule has 5 aromatic rings. The molecule has 0 unspecified atom stereocenters. The number of rotatable bonds is 6. The summed E-state index contributed by atoms with van der Waals surface area (Å²) >= 11 is 0. The fraction of sp³-hybridized carbons (Fsp3) is 0.120. The predicted octanol–water partition coefficient (Wildman–Crippen LogP) is 1.29. The highest BCUT2D eigenvalue weighted by atomic mass is 31.2. The molecule has 0 amide bonds. The molecule has 0 aliphatic carbocycles. The van der Waals surface area contributed by atoms with Crippen LogP contribution >= 0.6 is 15.2 Å². The molecule has 0 aliphatic rings. The highest BCUT2D eigenvalue weighted by Gasteiger charge is 2.31. The Morgan fingerprint density at radius 1 is 0.766 bits per heavy atom. The zero-order valence-corrected chi connectivity index (χ0v) is 24.9. The van der Waals surface area contributed by atoms with E-state index in [1.54, 1.807) is 0 Å². The van der Waals surface area contributed by atoms with Crippen LogP contribution < -0.4 is 27.5 Å². The highest BCUT2D eigenvalue weighted by Crippen LogP contribution is 2.37. The summed E-state index contributed by atoms with van der Waals surface area (Å²) < 4.78 is 61.5. The van der Waals surface area contributed by atoms with Crippen LogP contribution in [0.25, 0.3) is 22.1 Å². The lowest BCUT2D eigenvalue weighted by Crippen LogP contribution is -2.36. The second-order valence-electron chi connectivity index (χ2n) is 9.74. The zero-order valence-electron chi connectivity index (χ0n) is 23.1. The second-order valence-corrected chi connectivity index (χ2v) is 13.0. The summed E-state index contributed by atoms with van der Waals surface area (Å²) in [6.07, 6.45) is -5.76. The first kappa shape index (κ1) is 34.9. The van der Waals surface area contributed by atoms with Gasteiger partial charge in [0.25, 0.3) is 5.69 Å². The van der Waals surface area contributed by atoms with Crippen molar-refractivity contribution in [1.29, 1.82) is 0 Å². The summed E-state index contributed by atoms with van der Waals surface area (Å²) in [6.45, 7) is -0.0432. The lowest BCUT2D eigenvalue weighted by Gasteiger charge is -2.12. The normalized spacial score (nSPS) is 12.1. The number of aromatic amines is 2. The van der Waals surface area contributed by atoms with E-state index in [9.17, 15) is 51.6 Å². The number of benzene rings is 3. The molecule has 0 saturated carbocycles. The van der Waals surface area contributed by atoms with Crippen LogP contribution in [0.4, 0.5) is 18.9 Å². The van der Waals surface area contributed by atoms with Crippen LogP contribution in [0.1, 0.15) is 11.1 Å². The molecule has 6 N–H and O–H groups in total. The molecule has 47 heavy (non-hydrogen) atoms. The second kappa shape index (κ2) is 12.7. The van der Waals surface area contributed by atoms with E-state index in [1.807, 2.05) is 4.98 Å². The molecule has 0 saturated heterocycles. The van der Waals surface area contributed by atoms with Gasteiger partial charge in [0.1, 0.15) is 6.29 Å². The molecular weight excluding hydrogens is 681 g/mol. The molecular formula is C25H20F3N5O12P2. The molecule has 0 spiro atoms. The number of non-ortho nitro benzene ring substituents is 1. The standard InChI is InChI=1S/C15H12N3O7P.C10H8F3N2O5P/c19-14-15(20)17(8-9-1-4-11(5-2-9)26(23,24)25)13-6-3-10(18(21)22)7-12(13)16-14;11-10(12,13)5-1-2-7-6(3-5)14-8(16)9(17)15(7)4-21(18,19)20/h1-7H,8H2,(H,16,19)(H2,23,24,25);1-3H,4H2,(H,14,16)(H2,18,19,20). The van der Waals surface area contributed by atoms with Gasteiger partial charge in [0, 0.05) is 12.1 Å². The Morgan fingerprint density at radius 2 is 1.28 bits per heavy atom. The maximum Gasteiger partial charge on any atom is 0.416 e. The van der Waals surface area contributed by atoms with Crippen LogP contribution in [0, 0.1) is 10.1 Å². The first-order valence-corrected chi connectivity index (χ1v) is 16.0. The summed E-state index contributed by atoms with van der Waals surface area (Å²) in [6, 6.07) is 11.2. The smallest absolute Gasteiger partial charge is 0.323 e. The van der Waals surface area contributed by atoms with E-state index >= 15 is 0 Å². The summed E-state index contributed by atoms with van der Waals surface area (Å²) in [4.78, 5) is 97.5. The Balaban J connectivity index is 0.000000218. The third kappa shape index (κ3) is 8.07. The van der Waals surface area contributed by atoms with E-state index in [-0.39, 0.29) is 34.1 Å². The van der Waals surface area contributed by atoms with Crippen molar-refractivity contribution < 1.29 is 46.8 Å². The van der Waals surface area contributed by atoms with E-state index in [0.29, 0.717) is 27.8 Å². The number of nitro groups is 1. The van der Waals surface area contributed by atoms with Crippen LogP contribution in [-0.2, 0) is 28.1 Å². The molecule has 0 radical (unpaired) electrons. The number of nitro benzene ring substituents is 1. The van der Waals surface area contributed by atoms with Gasteiger partial charge in [-0.2, -0.15) is 13.2 Å². The SMILES string of the molecule is O=c1[nH]c2cc(C(F)(F)F)ccc2n(CP(=O)(O)O)c1=O.O=c1[nH]c2cc([N+](=O)[O-])ccc2n(Cc2ccc(P(=O)(O)O)cc2)c1=O. The number of nitrogens with zero attached hydrogens (tertiary/aromatic N) is 3. The van der Waals surface area contributed by atoms with Crippen molar-refractivity contribution in [3.8, 4) is 0 Å². The fourth-order valence-electron chi connectivity index (χ4n) is 4.30.